The second kappa shape index (κ2) is 5.26. The number of aromatic nitrogens is 1. The number of aliphatic hydroxyl groups is 1. The molecule has 3 rings (SSSR count). The van der Waals surface area contributed by atoms with Gasteiger partial charge < -0.3 is 15.6 Å². The maximum atomic E-state index is 10.3. The number of nitrogens with two attached hydrogens (primary N) is 1. The summed E-state index contributed by atoms with van der Waals surface area (Å²) in [5.74, 6) is 0. The van der Waals surface area contributed by atoms with Crippen molar-refractivity contribution in [3.05, 3.63) is 11.1 Å². The van der Waals surface area contributed by atoms with Gasteiger partial charge in [-0.1, -0.05) is 0 Å². The van der Waals surface area contributed by atoms with Gasteiger partial charge in [0.1, 0.15) is 0 Å². The zero-order valence-electron chi connectivity index (χ0n) is 12.0. The Morgan fingerprint density at radius 2 is 2.20 bits per heavy atom. The average molecular weight is 297 g/mol. The molecule has 3 heterocycles. The van der Waals surface area contributed by atoms with Gasteiger partial charge in [-0.15, -0.1) is 11.3 Å². The normalized spacial score (nSPS) is 30.7. The van der Waals surface area contributed by atoms with Crippen LogP contribution in [0.3, 0.4) is 0 Å². The maximum Gasteiger partial charge on any atom is 0.180 e. The van der Waals surface area contributed by atoms with Crippen molar-refractivity contribution >= 4 is 16.5 Å². The topological polar surface area (TPSA) is 71.6 Å². The fraction of sp³-hybridized carbons (Fsp3) is 0.786. The van der Waals surface area contributed by atoms with E-state index in [4.69, 9.17) is 10.5 Å². The zero-order chi connectivity index (χ0) is 14.2. The maximum absolute atomic E-state index is 10.3. The summed E-state index contributed by atoms with van der Waals surface area (Å²) < 4.78 is 6.03. The summed E-state index contributed by atoms with van der Waals surface area (Å²) in [6, 6.07) is 0. The molecular formula is C14H23N3O2S. The van der Waals surface area contributed by atoms with Crippen molar-refractivity contribution in [3.8, 4) is 0 Å². The Kier molecular flexibility index (Phi) is 3.75. The summed E-state index contributed by atoms with van der Waals surface area (Å²) >= 11 is 1.56. The molecule has 1 aromatic heterocycles. The standard InChI is InChI=1S/C14H23N3O2S/c1-13(18)4-7-19-14(10-13)2-5-17(6-3-14)9-11-8-16-12(15)20-11/h8,18H,2-7,9-10H2,1H3,(H2,15,16). The van der Waals surface area contributed by atoms with E-state index >= 15 is 0 Å². The molecule has 5 nitrogen and oxygen atoms in total. The molecular weight excluding hydrogens is 274 g/mol. The van der Waals surface area contributed by atoms with Crippen molar-refractivity contribution in [1.82, 2.24) is 9.88 Å². The number of piperidine rings is 1. The summed E-state index contributed by atoms with van der Waals surface area (Å²) in [6.45, 7) is 5.55. The first kappa shape index (κ1) is 14.3. The minimum Gasteiger partial charge on any atom is -0.390 e. The van der Waals surface area contributed by atoms with Crippen LogP contribution in [0, 0.1) is 0 Å². The van der Waals surface area contributed by atoms with Crippen molar-refractivity contribution in [2.75, 3.05) is 25.4 Å². The Morgan fingerprint density at radius 1 is 1.45 bits per heavy atom. The van der Waals surface area contributed by atoms with Crippen molar-refractivity contribution in [2.45, 2.75) is 50.4 Å². The smallest absolute Gasteiger partial charge is 0.180 e. The highest BCUT2D eigenvalue weighted by Crippen LogP contribution is 2.39. The molecule has 1 unspecified atom stereocenters. The van der Waals surface area contributed by atoms with Crippen molar-refractivity contribution in [2.24, 2.45) is 0 Å². The summed E-state index contributed by atoms with van der Waals surface area (Å²) in [4.78, 5) is 7.74. The summed E-state index contributed by atoms with van der Waals surface area (Å²) in [5, 5.41) is 10.9. The van der Waals surface area contributed by atoms with Crippen LogP contribution in [0.2, 0.25) is 0 Å². The van der Waals surface area contributed by atoms with Crippen LogP contribution in [0.1, 0.15) is 37.5 Å². The van der Waals surface area contributed by atoms with Gasteiger partial charge in [0.05, 0.1) is 17.8 Å². The molecule has 1 spiro atoms. The number of rotatable bonds is 2. The molecule has 112 valence electrons. The molecule has 20 heavy (non-hydrogen) atoms. The van der Waals surface area contributed by atoms with Gasteiger partial charge in [0.15, 0.2) is 5.13 Å². The molecule has 1 atom stereocenters. The highest BCUT2D eigenvalue weighted by Gasteiger charge is 2.44. The molecule has 2 fully saturated rings. The van der Waals surface area contributed by atoms with Gasteiger partial charge in [-0.2, -0.15) is 0 Å². The molecule has 0 bridgehead atoms. The van der Waals surface area contributed by atoms with Crippen LogP contribution in [-0.4, -0.2) is 45.9 Å². The van der Waals surface area contributed by atoms with E-state index in [9.17, 15) is 5.11 Å². The molecule has 0 radical (unpaired) electrons. The van der Waals surface area contributed by atoms with Gasteiger partial charge in [-0.05, 0) is 26.2 Å². The van der Waals surface area contributed by atoms with Crippen molar-refractivity contribution < 1.29 is 9.84 Å². The third-order valence-corrected chi connectivity index (χ3v) is 5.28. The lowest BCUT2D eigenvalue weighted by atomic mass is 9.78. The fourth-order valence-electron chi connectivity index (χ4n) is 3.38. The molecule has 2 aliphatic rings. The van der Waals surface area contributed by atoms with Gasteiger partial charge in [0.2, 0.25) is 0 Å². The largest absolute Gasteiger partial charge is 0.390 e. The summed E-state index contributed by atoms with van der Waals surface area (Å²) in [7, 11) is 0. The molecule has 0 amide bonds. The van der Waals surface area contributed by atoms with E-state index in [1.807, 2.05) is 13.1 Å². The minimum absolute atomic E-state index is 0.106. The van der Waals surface area contributed by atoms with Gasteiger partial charge in [0.25, 0.3) is 0 Å². The first-order valence-electron chi connectivity index (χ1n) is 7.25. The Labute approximate surface area is 123 Å². The van der Waals surface area contributed by atoms with Gasteiger partial charge in [-0.25, -0.2) is 4.98 Å². The van der Waals surface area contributed by atoms with Crippen LogP contribution >= 0.6 is 11.3 Å². The highest BCUT2D eigenvalue weighted by molar-refractivity contribution is 7.15. The molecule has 2 saturated heterocycles. The molecule has 0 aromatic carbocycles. The van der Waals surface area contributed by atoms with Crippen LogP contribution in [0.4, 0.5) is 5.13 Å². The second-order valence-corrected chi connectivity index (χ2v) is 7.54. The number of likely N-dealkylation sites (tertiary alicyclic amines) is 1. The molecule has 2 aliphatic heterocycles. The number of anilines is 1. The van der Waals surface area contributed by atoms with Gasteiger partial charge >= 0.3 is 0 Å². The third-order valence-electron chi connectivity index (χ3n) is 4.47. The van der Waals surface area contributed by atoms with E-state index in [-0.39, 0.29) is 5.60 Å². The zero-order valence-corrected chi connectivity index (χ0v) is 12.8. The Bertz CT molecular complexity index is 467. The Morgan fingerprint density at radius 3 is 2.80 bits per heavy atom. The molecule has 3 N–H and O–H groups in total. The van der Waals surface area contributed by atoms with E-state index in [0.717, 1.165) is 45.3 Å². The summed E-state index contributed by atoms with van der Waals surface area (Å²) in [6.07, 6.45) is 5.38. The number of ether oxygens (including phenoxy) is 1. The van der Waals surface area contributed by atoms with E-state index < -0.39 is 5.60 Å². The molecule has 6 heteroatoms. The lowest BCUT2D eigenvalue weighted by Gasteiger charge is -2.48. The van der Waals surface area contributed by atoms with Crippen LogP contribution in [-0.2, 0) is 11.3 Å². The first-order chi connectivity index (χ1) is 9.46. The van der Waals surface area contributed by atoms with Crippen LogP contribution in [0.15, 0.2) is 6.20 Å². The quantitative estimate of drug-likeness (QED) is 0.868. The lowest BCUT2D eigenvalue weighted by molar-refractivity contribution is -0.173. The fourth-order valence-corrected chi connectivity index (χ4v) is 4.10. The monoisotopic (exact) mass is 297 g/mol. The Hall–Kier alpha value is -0.690. The SMILES string of the molecule is CC1(O)CCOC2(CCN(Cc3cnc(N)s3)CC2)C1. The lowest BCUT2D eigenvalue weighted by Crippen LogP contribution is -2.53. The average Bonchev–Trinajstić information content (AvgIpc) is 2.77. The molecule has 1 aromatic rings. The minimum atomic E-state index is -0.563. The number of nitrogens with zero attached hydrogens (tertiary/aromatic N) is 2. The number of hydrogen-bond acceptors (Lipinski definition) is 6. The predicted molar refractivity (Wildman–Crippen MR) is 79.6 cm³/mol. The number of thiazole rings is 1. The Balaban J connectivity index is 1.56. The van der Waals surface area contributed by atoms with E-state index in [1.165, 1.54) is 4.88 Å². The third kappa shape index (κ3) is 3.14. The molecule has 0 saturated carbocycles. The predicted octanol–water partition coefficient (Wildman–Crippen LogP) is 1.62. The highest BCUT2D eigenvalue weighted by atomic mass is 32.1. The number of hydrogen-bond donors (Lipinski definition) is 2. The first-order valence-corrected chi connectivity index (χ1v) is 8.07. The van der Waals surface area contributed by atoms with Crippen LogP contribution in [0.5, 0.6) is 0 Å². The van der Waals surface area contributed by atoms with Crippen molar-refractivity contribution in [1.29, 1.82) is 0 Å². The van der Waals surface area contributed by atoms with Crippen LogP contribution in [0.25, 0.3) is 0 Å². The van der Waals surface area contributed by atoms with E-state index in [1.54, 1.807) is 11.3 Å². The van der Waals surface area contributed by atoms with Crippen LogP contribution < -0.4 is 5.73 Å². The van der Waals surface area contributed by atoms with Gasteiger partial charge in [-0.3, -0.25) is 4.90 Å². The summed E-state index contributed by atoms with van der Waals surface area (Å²) in [5.41, 5.74) is 5.00. The number of nitrogen functional groups attached to an aromatic ring is 1. The van der Waals surface area contributed by atoms with E-state index in [2.05, 4.69) is 9.88 Å². The van der Waals surface area contributed by atoms with Crippen molar-refractivity contribution in [3.63, 3.8) is 0 Å². The van der Waals surface area contributed by atoms with Gasteiger partial charge in [0, 0.05) is 37.1 Å². The second-order valence-electron chi connectivity index (χ2n) is 6.40. The van der Waals surface area contributed by atoms with E-state index in [0.29, 0.717) is 11.7 Å². The molecule has 0 aliphatic carbocycles.